The molecule has 0 fully saturated rings. The molecule has 0 aliphatic heterocycles. The van der Waals surface area contributed by atoms with Gasteiger partial charge in [0.05, 0.1) is 5.41 Å². The molecule has 1 rings (SSSR count). The zero-order chi connectivity index (χ0) is 15.2. The minimum absolute atomic E-state index is 0.380. The topological polar surface area (TPSA) is 0 Å². The molecule has 0 saturated carbocycles. The van der Waals surface area contributed by atoms with Gasteiger partial charge in [0, 0.05) is 5.56 Å². The van der Waals surface area contributed by atoms with Crippen molar-refractivity contribution in [2.75, 3.05) is 0 Å². The average Bonchev–Trinajstić information content (AvgIpc) is 2.32. The van der Waals surface area contributed by atoms with Crippen molar-refractivity contribution in [3.8, 4) is 0 Å². The number of hydrogen-bond acceptors (Lipinski definition) is 0. The Labute approximate surface area is 103 Å². The van der Waals surface area contributed by atoms with Gasteiger partial charge in [-0.3, -0.25) is 0 Å². The van der Waals surface area contributed by atoms with Crippen molar-refractivity contribution in [3.05, 3.63) is 34.6 Å². The highest BCUT2D eigenvalue weighted by atomic mass is 19.4. The lowest BCUT2D eigenvalue weighted by atomic mass is 9.78. The van der Waals surface area contributed by atoms with E-state index in [9.17, 15) is 35.1 Å². The van der Waals surface area contributed by atoms with E-state index in [1.165, 1.54) is 0 Å². The molecule has 8 heteroatoms. The molecule has 0 aromatic heterocycles. The highest BCUT2D eigenvalue weighted by Gasteiger charge is 2.54. The maximum atomic E-state index is 13.4. The van der Waals surface area contributed by atoms with Crippen LogP contribution in [0.5, 0.6) is 0 Å². The lowest BCUT2D eigenvalue weighted by Gasteiger charge is -2.32. The van der Waals surface area contributed by atoms with Gasteiger partial charge in [0.15, 0.2) is 23.3 Å². The first kappa shape index (κ1) is 15.7. The van der Waals surface area contributed by atoms with Crippen LogP contribution < -0.4 is 0 Å². The van der Waals surface area contributed by atoms with E-state index in [1.807, 2.05) is 0 Å². The van der Waals surface area contributed by atoms with Crippen LogP contribution >= 0.6 is 0 Å². The second-order valence-corrected chi connectivity index (χ2v) is 4.13. The van der Waals surface area contributed by atoms with E-state index < -0.39 is 52.7 Å². The average molecular weight is 292 g/mol. The molecule has 0 heterocycles. The van der Waals surface area contributed by atoms with Crippen molar-refractivity contribution in [2.45, 2.75) is 31.9 Å². The monoisotopic (exact) mass is 292 g/mol. The van der Waals surface area contributed by atoms with E-state index in [0.29, 0.717) is 6.92 Å². The third-order valence-corrected chi connectivity index (χ3v) is 3.09. The molecule has 19 heavy (non-hydrogen) atoms. The molecule has 1 unspecified atom stereocenters. The first-order chi connectivity index (χ1) is 8.49. The van der Waals surface area contributed by atoms with Gasteiger partial charge < -0.3 is 0 Å². The first-order valence-electron chi connectivity index (χ1n) is 5.07. The highest BCUT2D eigenvalue weighted by Crippen LogP contribution is 2.46. The maximum absolute atomic E-state index is 13.4. The van der Waals surface area contributed by atoms with Crippen LogP contribution in [-0.4, -0.2) is 6.18 Å². The van der Waals surface area contributed by atoms with Crippen molar-refractivity contribution < 1.29 is 35.1 Å². The molecule has 0 nitrogen and oxygen atoms in total. The summed E-state index contributed by atoms with van der Waals surface area (Å²) in [7, 11) is 0. The molecule has 0 radical (unpaired) electrons. The van der Waals surface area contributed by atoms with Gasteiger partial charge in [0.25, 0.3) is 0 Å². The normalized spacial score (nSPS) is 15.5. The van der Waals surface area contributed by atoms with Crippen LogP contribution in [0, 0.1) is 29.1 Å². The third-order valence-electron chi connectivity index (χ3n) is 3.09. The van der Waals surface area contributed by atoms with Crippen LogP contribution in [-0.2, 0) is 5.41 Å². The highest BCUT2D eigenvalue weighted by molar-refractivity contribution is 5.32. The number of benzene rings is 1. The molecule has 0 saturated heterocycles. The van der Waals surface area contributed by atoms with Crippen LogP contribution in [0.1, 0.15) is 25.8 Å². The molecule has 0 bridgehead atoms. The number of hydrogen-bond donors (Lipinski definition) is 0. The molecule has 0 aliphatic rings. The minimum atomic E-state index is -5.17. The Morgan fingerprint density at radius 2 is 1.05 bits per heavy atom. The number of alkyl halides is 3. The van der Waals surface area contributed by atoms with Crippen LogP contribution in [0.25, 0.3) is 0 Å². The number of rotatable bonds is 2. The Balaban J connectivity index is 3.78. The fourth-order valence-electron chi connectivity index (χ4n) is 1.61. The zero-order valence-corrected chi connectivity index (χ0v) is 9.73. The summed E-state index contributed by atoms with van der Waals surface area (Å²) in [6.45, 7) is 1.32. The van der Waals surface area contributed by atoms with E-state index >= 15 is 0 Å². The lowest BCUT2D eigenvalue weighted by Crippen LogP contribution is -2.41. The molecule has 0 aliphatic carbocycles. The Morgan fingerprint density at radius 3 is 1.32 bits per heavy atom. The van der Waals surface area contributed by atoms with Crippen molar-refractivity contribution in [1.82, 2.24) is 0 Å². The van der Waals surface area contributed by atoms with Crippen molar-refractivity contribution in [1.29, 1.82) is 0 Å². The van der Waals surface area contributed by atoms with Gasteiger partial charge in [-0.1, -0.05) is 6.92 Å². The smallest absolute Gasteiger partial charge is 0.203 e. The van der Waals surface area contributed by atoms with Crippen LogP contribution in [0.2, 0.25) is 0 Å². The quantitative estimate of drug-likeness (QED) is 0.424. The molecule has 0 N–H and O–H groups in total. The van der Waals surface area contributed by atoms with Gasteiger partial charge >= 0.3 is 6.18 Å². The lowest BCUT2D eigenvalue weighted by molar-refractivity contribution is -0.188. The Bertz CT molecular complexity index is 475. The molecule has 0 amide bonds. The molecule has 1 atom stereocenters. The summed E-state index contributed by atoms with van der Waals surface area (Å²) in [4.78, 5) is 0. The number of halogens is 8. The fraction of sp³-hybridized carbons (Fsp3) is 0.455. The van der Waals surface area contributed by atoms with Gasteiger partial charge in [-0.2, -0.15) is 13.2 Å². The minimum Gasteiger partial charge on any atom is -0.203 e. The van der Waals surface area contributed by atoms with E-state index in [2.05, 4.69) is 0 Å². The van der Waals surface area contributed by atoms with Crippen molar-refractivity contribution >= 4 is 0 Å². The predicted molar refractivity (Wildman–Crippen MR) is 49.9 cm³/mol. The Morgan fingerprint density at radius 1 is 0.737 bits per heavy atom. The largest absolute Gasteiger partial charge is 0.398 e. The Kier molecular flexibility index (Phi) is 3.84. The second kappa shape index (κ2) is 4.64. The fourth-order valence-corrected chi connectivity index (χ4v) is 1.61. The van der Waals surface area contributed by atoms with Crippen LogP contribution in [0.15, 0.2) is 0 Å². The van der Waals surface area contributed by atoms with Gasteiger partial charge in [-0.15, -0.1) is 0 Å². The first-order valence-corrected chi connectivity index (χ1v) is 5.07. The summed E-state index contributed by atoms with van der Waals surface area (Å²) in [5.74, 6) is -12.2. The summed E-state index contributed by atoms with van der Waals surface area (Å²) in [6.07, 6.45) is -6.05. The Hall–Kier alpha value is -1.34. The summed E-state index contributed by atoms with van der Waals surface area (Å²) >= 11 is 0. The molecular formula is C11H8F8. The van der Waals surface area contributed by atoms with Crippen LogP contribution in [0.4, 0.5) is 35.1 Å². The molecule has 1 aromatic rings. The SMILES string of the molecule is CCC(C)(c1c(F)c(F)c(F)c(F)c1F)C(F)(F)F. The maximum Gasteiger partial charge on any atom is 0.398 e. The molecular weight excluding hydrogens is 284 g/mol. The molecule has 1 aromatic carbocycles. The van der Waals surface area contributed by atoms with Crippen LogP contribution in [0.3, 0.4) is 0 Å². The van der Waals surface area contributed by atoms with E-state index in [0.717, 1.165) is 6.92 Å². The van der Waals surface area contributed by atoms with Gasteiger partial charge in [-0.25, -0.2) is 22.0 Å². The van der Waals surface area contributed by atoms with E-state index in [1.54, 1.807) is 0 Å². The summed E-state index contributed by atoms with van der Waals surface area (Å²) in [6, 6.07) is 0. The molecule has 0 spiro atoms. The van der Waals surface area contributed by atoms with Gasteiger partial charge in [0.1, 0.15) is 0 Å². The summed E-state index contributed by atoms with van der Waals surface area (Å²) < 4.78 is 104. The van der Waals surface area contributed by atoms with E-state index in [-0.39, 0.29) is 0 Å². The van der Waals surface area contributed by atoms with Crippen molar-refractivity contribution in [3.63, 3.8) is 0 Å². The van der Waals surface area contributed by atoms with E-state index in [4.69, 9.17) is 0 Å². The van der Waals surface area contributed by atoms with Gasteiger partial charge in [0.2, 0.25) is 5.82 Å². The van der Waals surface area contributed by atoms with Crippen molar-refractivity contribution in [2.24, 2.45) is 0 Å². The predicted octanol–water partition coefficient (Wildman–Crippen LogP) is 4.61. The summed E-state index contributed by atoms with van der Waals surface area (Å²) in [5.41, 5.74) is -5.03. The molecule has 108 valence electrons. The third kappa shape index (κ3) is 2.17. The standard InChI is InChI=1S/C11H8F8/c1-3-10(2,11(17,18)19)4-5(12)7(14)9(16)8(15)6(4)13/h3H2,1-2H3. The summed E-state index contributed by atoms with van der Waals surface area (Å²) in [5, 5.41) is 0. The second-order valence-electron chi connectivity index (χ2n) is 4.13. The van der Waals surface area contributed by atoms with Gasteiger partial charge in [-0.05, 0) is 13.3 Å². The zero-order valence-electron chi connectivity index (χ0n) is 9.73.